The molecule has 0 saturated heterocycles. The molecule has 0 unspecified atom stereocenters. The number of ketones is 1. The molecule has 0 amide bonds. The van der Waals surface area contributed by atoms with Crippen molar-refractivity contribution in [1.29, 1.82) is 0 Å². The van der Waals surface area contributed by atoms with Crippen LogP contribution in [-0.4, -0.2) is 21.1 Å². The largest absolute Gasteiger partial charge is 0.293 e. The molecule has 0 aliphatic carbocycles. The van der Waals surface area contributed by atoms with Gasteiger partial charge in [-0.1, -0.05) is 55.4 Å². The van der Waals surface area contributed by atoms with Gasteiger partial charge in [0.1, 0.15) is 0 Å². The topological polar surface area (TPSA) is 52.0 Å². The van der Waals surface area contributed by atoms with Crippen LogP contribution in [0.15, 0.2) is 64.7 Å². The highest BCUT2D eigenvalue weighted by Gasteiger charge is 2.13. The number of aryl methyl sites for hydroxylation is 2. The molecule has 144 valence electrons. The van der Waals surface area contributed by atoms with Gasteiger partial charge in [-0.15, -0.1) is 0 Å². The van der Waals surface area contributed by atoms with E-state index < -0.39 is 0 Å². The fourth-order valence-corrected chi connectivity index (χ4v) is 3.74. The molecule has 2 aromatic carbocycles. The van der Waals surface area contributed by atoms with Crippen LogP contribution in [0.25, 0.3) is 5.69 Å². The number of Topliss-reactive ketones (excluding diaryl/α,β-unsaturated/α-hetero) is 1. The summed E-state index contributed by atoms with van der Waals surface area (Å²) in [6.07, 6.45) is 3.26. The van der Waals surface area contributed by atoms with Gasteiger partial charge in [0.25, 0.3) is 5.56 Å². The average Bonchev–Trinajstić information content (AvgIpc) is 2.69. The Morgan fingerprint density at radius 1 is 1.11 bits per heavy atom. The second-order valence-electron chi connectivity index (χ2n) is 7.18. The first-order valence-electron chi connectivity index (χ1n) is 9.28. The minimum absolute atomic E-state index is 0.00379. The molecule has 5 heteroatoms. The van der Waals surface area contributed by atoms with E-state index in [1.165, 1.54) is 17.3 Å². The molecule has 0 aliphatic heterocycles. The molecule has 4 nitrogen and oxygen atoms in total. The second kappa shape index (κ2) is 8.57. The lowest BCUT2D eigenvalue weighted by atomic mass is 10.0. The molecular weight excluding hydrogens is 368 g/mol. The highest BCUT2D eigenvalue weighted by Crippen LogP contribution is 2.19. The zero-order valence-electron chi connectivity index (χ0n) is 16.6. The van der Waals surface area contributed by atoms with E-state index >= 15 is 0 Å². The maximum Gasteiger partial charge on any atom is 0.287 e. The van der Waals surface area contributed by atoms with Crippen molar-refractivity contribution >= 4 is 17.5 Å². The number of thioether (sulfide) groups is 1. The van der Waals surface area contributed by atoms with Gasteiger partial charge in [0, 0.05) is 23.6 Å². The maximum absolute atomic E-state index is 12.8. The van der Waals surface area contributed by atoms with Crippen LogP contribution in [0.3, 0.4) is 0 Å². The molecule has 1 aromatic heterocycles. The first-order valence-corrected chi connectivity index (χ1v) is 10.3. The van der Waals surface area contributed by atoms with Gasteiger partial charge in [-0.25, -0.2) is 4.98 Å². The third kappa shape index (κ3) is 4.42. The summed E-state index contributed by atoms with van der Waals surface area (Å²) in [5, 5.41) is 0.328. The quantitative estimate of drug-likeness (QED) is 0.440. The third-order valence-corrected chi connectivity index (χ3v) is 5.64. The number of carbonyl (C=O) groups excluding carboxylic acids is 1. The number of aromatic nitrogens is 2. The fraction of sp³-hybridized carbons (Fsp3) is 0.261. The number of hydrogen-bond donors (Lipinski definition) is 0. The van der Waals surface area contributed by atoms with E-state index in [4.69, 9.17) is 0 Å². The van der Waals surface area contributed by atoms with Crippen LogP contribution in [0.4, 0.5) is 0 Å². The van der Waals surface area contributed by atoms with Crippen LogP contribution in [0.1, 0.15) is 46.8 Å². The molecule has 0 bridgehead atoms. The van der Waals surface area contributed by atoms with Crippen LogP contribution in [0, 0.1) is 13.8 Å². The lowest BCUT2D eigenvalue weighted by molar-refractivity contribution is 0.102. The normalized spacial score (nSPS) is 11.0. The number of hydrogen-bond acceptors (Lipinski definition) is 4. The minimum Gasteiger partial charge on any atom is -0.293 e. The zero-order chi connectivity index (χ0) is 20.3. The van der Waals surface area contributed by atoms with Crippen molar-refractivity contribution in [2.45, 2.75) is 38.6 Å². The molecule has 3 aromatic rings. The summed E-state index contributed by atoms with van der Waals surface area (Å²) < 4.78 is 1.57. The SMILES string of the molecule is Cc1ccc(C)c(C(=O)CSc2nccn(-c3ccc(C(C)C)cc3)c2=O)c1. The Hall–Kier alpha value is -2.66. The summed E-state index contributed by atoms with van der Waals surface area (Å²) in [4.78, 5) is 29.6. The Labute approximate surface area is 169 Å². The van der Waals surface area contributed by atoms with Crippen molar-refractivity contribution in [3.05, 3.63) is 87.5 Å². The van der Waals surface area contributed by atoms with Crippen LogP contribution in [0.2, 0.25) is 0 Å². The van der Waals surface area contributed by atoms with E-state index in [2.05, 4.69) is 18.8 Å². The van der Waals surface area contributed by atoms with Crippen molar-refractivity contribution < 1.29 is 4.79 Å². The van der Waals surface area contributed by atoms with Gasteiger partial charge in [-0.3, -0.25) is 14.2 Å². The standard InChI is InChI=1S/C23H24N2O2S/c1-15(2)18-7-9-19(10-8-18)25-12-11-24-22(23(25)27)28-14-21(26)20-13-16(3)5-6-17(20)4/h5-13,15H,14H2,1-4H3. The number of rotatable bonds is 6. The summed E-state index contributed by atoms with van der Waals surface area (Å²) in [5.74, 6) is 0.623. The molecule has 0 atom stereocenters. The first kappa shape index (κ1) is 20.1. The molecule has 28 heavy (non-hydrogen) atoms. The lowest BCUT2D eigenvalue weighted by Gasteiger charge is -2.10. The lowest BCUT2D eigenvalue weighted by Crippen LogP contribution is -2.21. The second-order valence-corrected chi connectivity index (χ2v) is 8.15. The predicted molar refractivity (Wildman–Crippen MR) is 115 cm³/mol. The van der Waals surface area contributed by atoms with E-state index in [9.17, 15) is 9.59 Å². The van der Waals surface area contributed by atoms with E-state index in [-0.39, 0.29) is 17.1 Å². The monoisotopic (exact) mass is 392 g/mol. The predicted octanol–water partition coefficient (Wildman–Crippen LogP) is 4.95. The summed E-state index contributed by atoms with van der Waals surface area (Å²) in [7, 11) is 0. The number of nitrogens with zero attached hydrogens (tertiary/aromatic N) is 2. The van der Waals surface area contributed by atoms with Crippen LogP contribution in [-0.2, 0) is 0 Å². The smallest absolute Gasteiger partial charge is 0.287 e. The van der Waals surface area contributed by atoms with Gasteiger partial charge >= 0.3 is 0 Å². The molecule has 3 rings (SSSR count). The molecule has 0 N–H and O–H groups in total. The van der Waals surface area contributed by atoms with Crippen LogP contribution < -0.4 is 5.56 Å². The highest BCUT2D eigenvalue weighted by atomic mass is 32.2. The van der Waals surface area contributed by atoms with Gasteiger partial charge in [0.15, 0.2) is 10.8 Å². The molecule has 0 radical (unpaired) electrons. The van der Waals surface area contributed by atoms with Gasteiger partial charge in [-0.2, -0.15) is 0 Å². The summed E-state index contributed by atoms with van der Waals surface area (Å²) in [6, 6.07) is 13.8. The molecule has 0 fully saturated rings. The third-order valence-electron chi connectivity index (χ3n) is 4.68. The first-order chi connectivity index (χ1) is 13.4. The summed E-state index contributed by atoms with van der Waals surface area (Å²) in [5.41, 5.74) is 4.49. The van der Waals surface area contributed by atoms with Crippen molar-refractivity contribution in [3.63, 3.8) is 0 Å². The van der Waals surface area contributed by atoms with Gasteiger partial charge in [0.2, 0.25) is 0 Å². The molecule has 0 saturated carbocycles. The van der Waals surface area contributed by atoms with Crippen LogP contribution >= 0.6 is 11.8 Å². The van der Waals surface area contributed by atoms with Gasteiger partial charge in [0.05, 0.1) is 5.75 Å². The van der Waals surface area contributed by atoms with Crippen molar-refractivity contribution in [3.8, 4) is 5.69 Å². The van der Waals surface area contributed by atoms with Crippen molar-refractivity contribution in [2.75, 3.05) is 5.75 Å². The maximum atomic E-state index is 12.8. The Kier molecular flexibility index (Phi) is 6.15. The van der Waals surface area contributed by atoms with Crippen molar-refractivity contribution in [1.82, 2.24) is 9.55 Å². The summed E-state index contributed by atoms with van der Waals surface area (Å²) >= 11 is 1.19. The number of benzene rings is 2. The van der Waals surface area contributed by atoms with E-state index in [0.717, 1.165) is 16.8 Å². The Bertz CT molecular complexity index is 1050. The Morgan fingerprint density at radius 2 is 1.82 bits per heavy atom. The number of carbonyl (C=O) groups is 1. The molecule has 0 aliphatic rings. The van der Waals surface area contributed by atoms with E-state index in [1.54, 1.807) is 17.0 Å². The molecule has 0 spiro atoms. The highest BCUT2D eigenvalue weighted by molar-refractivity contribution is 7.99. The Balaban J connectivity index is 1.80. The zero-order valence-corrected chi connectivity index (χ0v) is 17.4. The van der Waals surface area contributed by atoms with E-state index in [1.807, 2.05) is 56.3 Å². The van der Waals surface area contributed by atoms with E-state index in [0.29, 0.717) is 16.5 Å². The molecule has 1 heterocycles. The fourth-order valence-electron chi connectivity index (χ4n) is 2.96. The van der Waals surface area contributed by atoms with Gasteiger partial charge < -0.3 is 0 Å². The molecular formula is C23H24N2O2S. The van der Waals surface area contributed by atoms with Crippen LogP contribution in [0.5, 0.6) is 0 Å². The average molecular weight is 393 g/mol. The van der Waals surface area contributed by atoms with Gasteiger partial charge in [-0.05, 0) is 49.1 Å². The van der Waals surface area contributed by atoms with Crippen molar-refractivity contribution in [2.24, 2.45) is 0 Å². The Morgan fingerprint density at radius 3 is 2.50 bits per heavy atom. The summed E-state index contributed by atoms with van der Waals surface area (Å²) in [6.45, 7) is 8.15. The minimum atomic E-state index is -0.210.